The third kappa shape index (κ3) is 6.27. The van der Waals surface area contributed by atoms with Gasteiger partial charge in [0.05, 0.1) is 6.54 Å². The van der Waals surface area contributed by atoms with Gasteiger partial charge in [-0.3, -0.25) is 4.79 Å². The summed E-state index contributed by atoms with van der Waals surface area (Å²) in [5.41, 5.74) is 2.53. The third-order valence-electron chi connectivity index (χ3n) is 5.41. The molecule has 0 spiro atoms. The second kappa shape index (κ2) is 12.1. The van der Waals surface area contributed by atoms with Gasteiger partial charge in [0.1, 0.15) is 5.75 Å². The average molecular weight is 515 g/mol. The van der Waals surface area contributed by atoms with Crippen LogP contribution in [-0.2, 0) is 18.4 Å². The molecule has 0 saturated carbocycles. The molecule has 36 heavy (non-hydrogen) atoms. The number of ether oxygens (including phenoxy) is 1. The number of carboxylic acids is 1. The van der Waals surface area contributed by atoms with Gasteiger partial charge in [-0.1, -0.05) is 48.0 Å². The van der Waals surface area contributed by atoms with E-state index in [0.717, 1.165) is 11.1 Å². The van der Waals surface area contributed by atoms with Crippen LogP contribution in [0.2, 0.25) is 5.02 Å². The van der Waals surface area contributed by atoms with Crippen LogP contribution in [0.1, 0.15) is 5.69 Å². The molecule has 178 valence electrons. The summed E-state index contributed by atoms with van der Waals surface area (Å²) in [6, 6.07) is 20.6. The number of amides is 2. The molecule has 0 atom stereocenters. The number of hydrogen-bond donors (Lipinski definition) is 3. The molecule has 0 aliphatic heterocycles. The average Bonchev–Trinajstić information content (AvgIpc) is 2.84. The van der Waals surface area contributed by atoms with E-state index < -0.39 is 18.6 Å². The first kappa shape index (κ1) is 27.3. The molecule has 3 aromatic carbocycles. The van der Waals surface area contributed by atoms with Gasteiger partial charge in [0.2, 0.25) is 0 Å². The number of aromatic nitrogens is 1. The zero-order valence-corrected chi connectivity index (χ0v) is 22.5. The van der Waals surface area contributed by atoms with Crippen LogP contribution in [0, 0.1) is 0 Å². The van der Waals surface area contributed by atoms with E-state index in [-0.39, 0.29) is 41.7 Å². The van der Waals surface area contributed by atoms with Gasteiger partial charge in [0.25, 0.3) is 5.56 Å². The van der Waals surface area contributed by atoms with E-state index in [4.69, 9.17) is 21.4 Å². The van der Waals surface area contributed by atoms with Gasteiger partial charge in [0, 0.05) is 40.5 Å². The predicted octanol–water partition coefficient (Wildman–Crippen LogP) is 1.65. The molecule has 0 fully saturated rings. The normalized spacial score (nSPS) is 10.4. The molecule has 0 saturated heterocycles. The Morgan fingerprint density at radius 1 is 1.00 bits per heavy atom. The molecule has 0 aliphatic rings. The topological polar surface area (TPSA) is 110 Å². The van der Waals surface area contributed by atoms with E-state index in [1.54, 1.807) is 43.4 Å². The largest absolute Gasteiger partial charge is 1.00 e. The number of pyridine rings is 1. The van der Waals surface area contributed by atoms with Crippen LogP contribution in [0.15, 0.2) is 77.6 Å². The van der Waals surface area contributed by atoms with Gasteiger partial charge in [-0.05, 0) is 41.3 Å². The van der Waals surface area contributed by atoms with Crippen molar-refractivity contribution in [2.45, 2.75) is 6.54 Å². The fraction of sp³-hybridized carbons (Fsp3) is 0.115. The van der Waals surface area contributed by atoms with Crippen molar-refractivity contribution in [3.05, 3.63) is 93.9 Å². The molecule has 0 aliphatic carbocycles. The van der Waals surface area contributed by atoms with Crippen LogP contribution in [0.5, 0.6) is 5.75 Å². The van der Waals surface area contributed by atoms with Crippen molar-refractivity contribution in [3.8, 4) is 16.9 Å². The first-order valence-electron chi connectivity index (χ1n) is 10.7. The molecule has 1 aromatic heterocycles. The number of aliphatic carboxylic acids is 1. The minimum absolute atomic E-state index is 0. The first-order chi connectivity index (χ1) is 16.8. The SMILES string of the molecule is Cn1c(CNC(=O)Nc2cccc(OCC(=O)O)c2)c(-c2ccccc2)c2cc(Cl)ccc2c1=O.[Na+]. The van der Waals surface area contributed by atoms with Crippen molar-refractivity contribution in [3.63, 3.8) is 0 Å². The van der Waals surface area contributed by atoms with Crippen LogP contribution in [0.3, 0.4) is 0 Å². The number of carboxylic acid groups (broad SMARTS) is 1. The minimum atomic E-state index is -1.10. The number of nitrogens with one attached hydrogen (secondary N) is 2. The van der Waals surface area contributed by atoms with Gasteiger partial charge >= 0.3 is 41.6 Å². The molecular formula is C26H22ClN3NaO5+. The number of benzene rings is 3. The Bertz CT molecular complexity index is 1470. The second-order valence-electron chi connectivity index (χ2n) is 7.76. The van der Waals surface area contributed by atoms with Gasteiger partial charge in [-0.15, -0.1) is 0 Å². The molecule has 10 heteroatoms. The second-order valence-corrected chi connectivity index (χ2v) is 8.20. The summed E-state index contributed by atoms with van der Waals surface area (Å²) in [5, 5.41) is 16.0. The van der Waals surface area contributed by atoms with E-state index in [2.05, 4.69) is 10.6 Å². The van der Waals surface area contributed by atoms with E-state index in [1.807, 2.05) is 30.3 Å². The Morgan fingerprint density at radius 3 is 2.47 bits per heavy atom. The Morgan fingerprint density at radius 2 is 1.75 bits per heavy atom. The van der Waals surface area contributed by atoms with Crippen molar-refractivity contribution in [1.82, 2.24) is 9.88 Å². The molecule has 1 heterocycles. The van der Waals surface area contributed by atoms with E-state index in [0.29, 0.717) is 32.9 Å². The Hall–Kier alpha value is -3.30. The maximum Gasteiger partial charge on any atom is 1.00 e. The molecule has 4 aromatic rings. The van der Waals surface area contributed by atoms with Gasteiger partial charge < -0.3 is 25.0 Å². The monoisotopic (exact) mass is 514 g/mol. The van der Waals surface area contributed by atoms with E-state index >= 15 is 0 Å². The summed E-state index contributed by atoms with van der Waals surface area (Å²) in [6.07, 6.45) is 0. The number of fused-ring (bicyclic) bond motifs is 1. The first-order valence-corrected chi connectivity index (χ1v) is 11.1. The third-order valence-corrected chi connectivity index (χ3v) is 5.65. The summed E-state index contributed by atoms with van der Waals surface area (Å²) in [5.74, 6) is -0.789. The number of anilines is 1. The maximum atomic E-state index is 13.1. The van der Waals surface area contributed by atoms with E-state index in [9.17, 15) is 14.4 Å². The van der Waals surface area contributed by atoms with Crippen LogP contribution in [0.25, 0.3) is 21.9 Å². The van der Waals surface area contributed by atoms with Crippen molar-refractivity contribution < 1.29 is 49.0 Å². The van der Waals surface area contributed by atoms with E-state index in [1.165, 1.54) is 10.6 Å². The smallest absolute Gasteiger partial charge is 0.482 e. The fourth-order valence-corrected chi connectivity index (χ4v) is 3.99. The quantitative estimate of drug-likeness (QED) is 0.325. The Labute approximate surface area is 234 Å². The van der Waals surface area contributed by atoms with Crippen LogP contribution in [-0.4, -0.2) is 28.3 Å². The maximum absolute atomic E-state index is 13.1. The fourth-order valence-electron chi connectivity index (χ4n) is 3.82. The Kier molecular flexibility index (Phi) is 9.17. The molecular weight excluding hydrogens is 493 g/mol. The number of hydrogen-bond acceptors (Lipinski definition) is 4. The number of urea groups is 1. The molecule has 2 amide bonds. The number of nitrogens with zero attached hydrogens (tertiary/aromatic N) is 1. The van der Waals surface area contributed by atoms with Crippen LogP contribution >= 0.6 is 11.6 Å². The summed E-state index contributed by atoms with van der Waals surface area (Å²) in [7, 11) is 1.67. The zero-order chi connectivity index (χ0) is 24.9. The molecule has 3 N–H and O–H groups in total. The van der Waals surface area contributed by atoms with Gasteiger partial charge in [-0.25, -0.2) is 9.59 Å². The molecule has 0 bridgehead atoms. The standard InChI is InChI=1S/C26H22ClN3O5.Na/c1-30-22(14-28-26(34)29-18-8-5-9-19(13-18)35-15-23(31)32)24(16-6-3-2-4-7-16)21-12-17(27)10-11-20(21)25(30)33;/h2-13H,14-15H2,1H3,(H,31,32)(H2,28,29,34);/q;+1. The van der Waals surface area contributed by atoms with Crippen LogP contribution in [0.4, 0.5) is 10.5 Å². The zero-order valence-electron chi connectivity index (χ0n) is 19.7. The van der Waals surface area contributed by atoms with Crippen LogP contribution < -0.4 is 50.5 Å². The summed E-state index contributed by atoms with van der Waals surface area (Å²) in [6.45, 7) is -0.419. The summed E-state index contributed by atoms with van der Waals surface area (Å²) < 4.78 is 6.67. The minimum Gasteiger partial charge on any atom is -0.482 e. The van der Waals surface area contributed by atoms with Crippen molar-refractivity contribution in [1.29, 1.82) is 0 Å². The Balaban J connectivity index is 0.00000361. The number of carbonyl (C=O) groups excluding carboxylic acids is 1. The van der Waals surface area contributed by atoms with Gasteiger partial charge in [0.15, 0.2) is 6.61 Å². The number of halogens is 1. The predicted molar refractivity (Wildman–Crippen MR) is 135 cm³/mol. The van der Waals surface area contributed by atoms with Crippen molar-refractivity contribution in [2.24, 2.45) is 7.05 Å². The van der Waals surface area contributed by atoms with Crippen molar-refractivity contribution >= 4 is 40.1 Å². The molecule has 8 nitrogen and oxygen atoms in total. The molecule has 0 radical (unpaired) electrons. The summed E-state index contributed by atoms with van der Waals surface area (Å²) in [4.78, 5) is 36.4. The molecule has 0 unspecified atom stereocenters. The van der Waals surface area contributed by atoms with Gasteiger partial charge in [-0.2, -0.15) is 0 Å². The summed E-state index contributed by atoms with van der Waals surface area (Å²) >= 11 is 6.26. The number of carbonyl (C=O) groups is 2. The van der Waals surface area contributed by atoms with Crippen molar-refractivity contribution in [2.75, 3.05) is 11.9 Å². The number of rotatable bonds is 7. The molecule has 4 rings (SSSR count).